The molecule has 0 saturated heterocycles. The summed E-state index contributed by atoms with van der Waals surface area (Å²) in [4.78, 5) is 29.9. The van der Waals surface area contributed by atoms with Crippen molar-refractivity contribution in [2.75, 3.05) is 13.7 Å². The van der Waals surface area contributed by atoms with Gasteiger partial charge in [0.25, 0.3) is 0 Å². The lowest BCUT2D eigenvalue weighted by molar-refractivity contribution is -0.122. The second-order valence-electron chi connectivity index (χ2n) is 5.49. The number of unbranched alkanes of at least 4 members (excludes halogenated alkanes) is 3. The van der Waals surface area contributed by atoms with Crippen molar-refractivity contribution in [3.05, 3.63) is 29.8 Å². The fourth-order valence-corrected chi connectivity index (χ4v) is 2.57. The Balaban J connectivity index is 2.73. The van der Waals surface area contributed by atoms with E-state index < -0.39 is 13.9 Å². The van der Waals surface area contributed by atoms with Crippen molar-refractivity contribution in [1.29, 1.82) is 0 Å². The summed E-state index contributed by atoms with van der Waals surface area (Å²) in [7, 11) is -3.09. The van der Waals surface area contributed by atoms with Crippen LogP contribution in [0.1, 0.15) is 50.6 Å². The number of carbonyl (C=O) groups is 1. The van der Waals surface area contributed by atoms with E-state index in [2.05, 4.69) is 16.8 Å². The molecular weight excluding hydrogens is 333 g/mol. The van der Waals surface area contributed by atoms with Gasteiger partial charge in [-0.15, -0.1) is 0 Å². The highest BCUT2D eigenvalue weighted by molar-refractivity contribution is 7.46. The van der Waals surface area contributed by atoms with E-state index in [1.807, 2.05) is 0 Å². The van der Waals surface area contributed by atoms with Gasteiger partial charge in [0.2, 0.25) is 5.91 Å². The molecule has 7 nitrogen and oxygen atoms in total. The minimum Gasteiger partial charge on any atom is -0.497 e. The topological polar surface area (TPSA) is 105 Å². The van der Waals surface area contributed by atoms with Crippen molar-refractivity contribution in [1.82, 2.24) is 5.32 Å². The Kier molecular flexibility index (Phi) is 9.00. The molecule has 136 valence electrons. The van der Waals surface area contributed by atoms with Gasteiger partial charge in [0.15, 0.2) is 0 Å². The van der Waals surface area contributed by atoms with Crippen LogP contribution in [0.3, 0.4) is 0 Å². The summed E-state index contributed by atoms with van der Waals surface area (Å²) in [6.45, 7) is 1.77. The Bertz CT molecular complexity index is 559. The Morgan fingerprint density at radius 1 is 1.29 bits per heavy atom. The zero-order chi connectivity index (χ0) is 18.0. The molecule has 24 heavy (non-hydrogen) atoms. The fraction of sp³-hybridized carbons (Fsp3) is 0.562. The predicted octanol–water partition coefficient (Wildman–Crippen LogP) is 2.93. The minimum atomic E-state index is -4.61. The number of ether oxygens (including phenoxy) is 1. The number of rotatable bonds is 11. The summed E-state index contributed by atoms with van der Waals surface area (Å²) in [6, 6.07) is 6.27. The van der Waals surface area contributed by atoms with E-state index in [1.54, 1.807) is 24.3 Å². The Morgan fingerprint density at radius 3 is 2.67 bits per heavy atom. The van der Waals surface area contributed by atoms with Crippen molar-refractivity contribution in [2.45, 2.75) is 45.1 Å². The van der Waals surface area contributed by atoms with Crippen LogP contribution in [0.2, 0.25) is 0 Å². The van der Waals surface area contributed by atoms with Gasteiger partial charge in [0.05, 0.1) is 19.8 Å². The first-order valence-corrected chi connectivity index (χ1v) is 9.52. The molecule has 0 spiro atoms. The molecule has 1 rings (SSSR count). The van der Waals surface area contributed by atoms with Crippen LogP contribution < -0.4 is 10.1 Å². The van der Waals surface area contributed by atoms with Crippen LogP contribution in [0.25, 0.3) is 0 Å². The Morgan fingerprint density at radius 2 is 2.04 bits per heavy atom. The summed E-state index contributed by atoms with van der Waals surface area (Å²) < 4.78 is 20.7. The number of hydrogen-bond donors (Lipinski definition) is 3. The van der Waals surface area contributed by atoms with Crippen LogP contribution in [0.4, 0.5) is 0 Å². The van der Waals surface area contributed by atoms with Crippen molar-refractivity contribution < 1.29 is 28.4 Å². The molecule has 1 aromatic carbocycles. The second kappa shape index (κ2) is 10.5. The monoisotopic (exact) mass is 359 g/mol. The number of phosphoric acid groups is 1. The lowest BCUT2D eigenvalue weighted by atomic mass is 10.1. The molecule has 8 heteroatoms. The Labute approximate surface area is 142 Å². The molecule has 0 bridgehead atoms. The first-order chi connectivity index (χ1) is 11.4. The summed E-state index contributed by atoms with van der Waals surface area (Å²) in [5.74, 6) is 0.416. The smallest absolute Gasteiger partial charge is 0.469 e. The van der Waals surface area contributed by atoms with E-state index in [0.717, 1.165) is 25.7 Å². The van der Waals surface area contributed by atoms with Gasteiger partial charge >= 0.3 is 7.82 Å². The quantitative estimate of drug-likeness (QED) is 0.414. The van der Waals surface area contributed by atoms with Gasteiger partial charge in [0.1, 0.15) is 5.75 Å². The van der Waals surface area contributed by atoms with Gasteiger partial charge in [-0.25, -0.2) is 4.57 Å². The van der Waals surface area contributed by atoms with Gasteiger partial charge in [-0.3, -0.25) is 9.32 Å². The second-order valence-corrected chi connectivity index (χ2v) is 6.73. The molecule has 0 aliphatic heterocycles. The lowest BCUT2D eigenvalue weighted by Gasteiger charge is -2.20. The summed E-state index contributed by atoms with van der Waals surface area (Å²) >= 11 is 0. The average Bonchev–Trinajstić information content (AvgIpc) is 2.54. The van der Waals surface area contributed by atoms with E-state index in [-0.39, 0.29) is 12.5 Å². The highest BCUT2D eigenvalue weighted by Crippen LogP contribution is 2.37. The molecule has 0 aromatic heterocycles. The van der Waals surface area contributed by atoms with Crippen LogP contribution in [-0.4, -0.2) is 29.4 Å². The first kappa shape index (κ1) is 20.6. The maximum atomic E-state index is 12.1. The standard InChI is InChI=1S/C16H26NO6P/c1-3-4-5-6-10-16(18)17-15(12-23-24(19,20)21)13-8-7-9-14(11-13)22-2/h7-9,11,15H,3-6,10,12H2,1-2H3,(H,17,18)(H2,19,20,21). The molecule has 1 aromatic rings. The number of methoxy groups -OCH3 is 1. The van der Waals surface area contributed by atoms with Gasteiger partial charge in [-0.1, -0.05) is 38.3 Å². The molecule has 1 unspecified atom stereocenters. The first-order valence-electron chi connectivity index (χ1n) is 7.99. The highest BCUT2D eigenvalue weighted by atomic mass is 31.2. The van der Waals surface area contributed by atoms with E-state index >= 15 is 0 Å². The molecule has 0 radical (unpaired) electrons. The third-order valence-corrected chi connectivity index (χ3v) is 3.98. The van der Waals surface area contributed by atoms with Crippen LogP contribution in [0, 0.1) is 0 Å². The normalized spacial score (nSPS) is 12.7. The number of amides is 1. The van der Waals surface area contributed by atoms with E-state index in [9.17, 15) is 9.36 Å². The number of benzene rings is 1. The molecule has 1 atom stereocenters. The van der Waals surface area contributed by atoms with Crippen LogP contribution in [-0.2, 0) is 13.9 Å². The third-order valence-electron chi connectivity index (χ3n) is 3.50. The number of hydrogen-bond acceptors (Lipinski definition) is 4. The predicted molar refractivity (Wildman–Crippen MR) is 90.6 cm³/mol. The van der Waals surface area contributed by atoms with Crippen LogP contribution in [0.5, 0.6) is 5.75 Å². The van der Waals surface area contributed by atoms with Crippen molar-refractivity contribution >= 4 is 13.7 Å². The largest absolute Gasteiger partial charge is 0.497 e. The molecule has 0 aliphatic carbocycles. The molecular formula is C16H26NO6P. The number of carbonyl (C=O) groups excluding carboxylic acids is 1. The highest BCUT2D eigenvalue weighted by Gasteiger charge is 2.21. The lowest BCUT2D eigenvalue weighted by Crippen LogP contribution is -2.31. The molecule has 3 N–H and O–H groups in total. The molecule has 1 amide bonds. The molecule has 0 aliphatic rings. The molecule has 0 heterocycles. The average molecular weight is 359 g/mol. The van der Waals surface area contributed by atoms with Crippen molar-refractivity contribution in [3.63, 3.8) is 0 Å². The number of nitrogens with one attached hydrogen (secondary N) is 1. The van der Waals surface area contributed by atoms with Crippen LogP contribution in [0.15, 0.2) is 24.3 Å². The van der Waals surface area contributed by atoms with E-state index in [1.165, 1.54) is 7.11 Å². The van der Waals surface area contributed by atoms with Gasteiger partial charge < -0.3 is 19.8 Å². The zero-order valence-corrected chi connectivity index (χ0v) is 15.0. The third kappa shape index (κ3) is 8.45. The maximum Gasteiger partial charge on any atom is 0.469 e. The van der Waals surface area contributed by atoms with Gasteiger partial charge in [0, 0.05) is 6.42 Å². The maximum absolute atomic E-state index is 12.1. The zero-order valence-electron chi connectivity index (χ0n) is 14.1. The van der Waals surface area contributed by atoms with E-state index in [0.29, 0.717) is 17.7 Å². The number of phosphoric ester groups is 1. The summed E-state index contributed by atoms with van der Waals surface area (Å²) in [5, 5.41) is 2.77. The van der Waals surface area contributed by atoms with Gasteiger partial charge in [-0.05, 0) is 24.1 Å². The van der Waals surface area contributed by atoms with Gasteiger partial charge in [-0.2, -0.15) is 0 Å². The molecule has 0 fully saturated rings. The van der Waals surface area contributed by atoms with Crippen LogP contribution >= 0.6 is 7.82 Å². The molecule has 0 saturated carbocycles. The van der Waals surface area contributed by atoms with Crippen molar-refractivity contribution in [3.8, 4) is 5.75 Å². The SMILES string of the molecule is CCCCCCC(=O)NC(COP(=O)(O)O)c1cccc(OC)c1. The fourth-order valence-electron chi connectivity index (χ4n) is 2.23. The summed E-state index contributed by atoms with van der Waals surface area (Å²) in [5.41, 5.74) is 0.657. The minimum absolute atomic E-state index is 0.173. The Hall–Kier alpha value is -1.40. The van der Waals surface area contributed by atoms with Crippen molar-refractivity contribution in [2.24, 2.45) is 0 Å². The van der Waals surface area contributed by atoms with E-state index in [4.69, 9.17) is 14.5 Å². The summed E-state index contributed by atoms with van der Waals surface area (Å²) in [6.07, 6.45) is 4.30.